The van der Waals surface area contributed by atoms with E-state index in [1.807, 2.05) is 0 Å². The molecule has 1 amide bonds. The molecule has 11 heteroatoms. The number of thiophene rings is 1. The number of aliphatic carboxylic acids is 1. The minimum atomic E-state index is -5.04. The van der Waals surface area contributed by atoms with Crippen LogP contribution in [0.4, 0.5) is 26.3 Å². The van der Waals surface area contributed by atoms with Crippen molar-refractivity contribution in [2.45, 2.75) is 37.7 Å². The van der Waals surface area contributed by atoms with Crippen molar-refractivity contribution in [1.29, 1.82) is 0 Å². The highest BCUT2D eigenvalue weighted by molar-refractivity contribution is 7.17. The molecular formula is C22H17F6NO3S. The number of carboxylic acid groups (broad SMARTS) is 1. The van der Waals surface area contributed by atoms with Crippen LogP contribution >= 0.6 is 11.3 Å². The van der Waals surface area contributed by atoms with Gasteiger partial charge >= 0.3 is 18.3 Å². The molecule has 176 valence electrons. The average molecular weight is 489 g/mol. The molecule has 2 aromatic carbocycles. The molecule has 3 aromatic rings. The molecule has 4 nitrogen and oxygen atoms in total. The third-order valence-electron chi connectivity index (χ3n) is 5.04. The Hall–Kier alpha value is -3.08. The zero-order valence-corrected chi connectivity index (χ0v) is 17.7. The molecule has 0 aliphatic carbocycles. The molecular weight excluding hydrogens is 472 g/mol. The van der Waals surface area contributed by atoms with Crippen LogP contribution < -0.4 is 5.32 Å². The van der Waals surface area contributed by atoms with Crippen LogP contribution in [0.1, 0.15) is 35.1 Å². The second kappa shape index (κ2) is 9.05. The number of alkyl halides is 6. The van der Waals surface area contributed by atoms with Crippen molar-refractivity contribution in [3.05, 3.63) is 70.1 Å². The standard InChI is InChI=1S/C22H17F6NO3S/c1-11(30)29-19(20(31)32)16(17-10-33-18-5-3-2-4-15(17)18)8-12-6-13(21(23,24)25)9-14(7-12)22(26,27)28/h2-7,9-10,16,19H,8H2,1H3,(H,29,30)(H,31,32). The highest BCUT2D eigenvalue weighted by atomic mass is 32.1. The van der Waals surface area contributed by atoms with Gasteiger partial charge in [-0.05, 0) is 52.6 Å². The van der Waals surface area contributed by atoms with Crippen molar-refractivity contribution in [3.63, 3.8) is 0 Å². The van der Waals surface area contributed by atoms with E-state index in [0.29, 0.717) is 23.1 Å². The van der Waals surface area contributed by atoms with Crippen LogP contribution in [0.5, 0.6) is 0 Å². The predicted octanol–water partition coefficient (Wildman–Crippen LogP) is 5.85. The second-order valence-electron chi connectivity index (χ2n) is 7.43. The Balaban J connectivity index is 2.18. The Bertz CT molecular complexity index is 1150. The zero-order valence-electron chi connectivity index (χ0n) is 16.9. The lowest BCUT2D eigenvalue weighted by Gasteiger charge is -2.25. The molecule has 0 bridgehead atoms. The van der Waals surface area contributed by atoms with Crippen LogP contribution in [-0.4, -0.2) is 23.0 Å². The van der Waals surface area contributed by atoms with E-state index < -0.39 is 53.7 Å². The molecule has 1 aromatic heterocycles. The van der Waals surface area contributed by atoms with E-state index in [1.54, 1.807) is 29.6 Å². The van der Waals surface area contributed by atoms with Gasteiger partial charge in [-0.15, -0.1) is 11.3 Å². The molecule has 0 radical (unpaired) electrons. The predicted molar refractivity (Wildman–Crippen MR) is 110 cm³/mol. The molecule has 2 unspecified atom stereocenters. The first-order valence-corrected chi connectivity index (χ1v) is 10.4. The Morgan fingerprint density at radius 3 is 2.09 bits per heavy atom. The van der Waals surface area contributed by atoms with Gasteiger partial charge in [0.2, 0.25) is 5.91 Å². The minimum Gasteiger partial charge on any atom is -0.480 e. The van der Waals surface area contributed by atoms with Crippen molar-refractivity contribution in [2.24, 2.45) is 0 Å². The first-order valence-electron chi connectivity index (χ1n) is 9.51. The summed E-state index contributed by atoms with van der Waals surface area (Å²) in [5.41, 5.74) is -2.93. The normalized spacial score (nSPS) is 14.2. The van der Waals surface area contributed by atoms with Crippen LogP contribution in [0.25, 0.3) is 10.1 Å². The van der Waals surface area contributed by atoms with E-state index in [1.165, 1.54) is 11.3 Å². The maximum atomic E-state index is 13.3. The van der Waals surface area contributed by atoms with Crippen molar-refractivity contribution < 1.29 is 41.0 Å². The second-order valence-corrected chi connectivity index (χ2v) is 8.34. The van der Waals surface area contributed by atoms with Gasteiger partial charge in [0.05, 0.1) is 11.1 Å². The van der Waals surface area contributed by atoms with E-state index in [-0.39, 0.29) is 11.6 Å². The van der Waals surface area contributed by atoms with Crippen molar-refractivity contribution in [1.82, 2.24) is 5.32 Å². The summed E-state index contributed by atoms with van der Waals surface area (Å²) in [5, 5.41) is 14.2. The highest BCUT2D eigenvalue weighted by Gasteiger charge is 2.38. The number of rotatable bonds is 6. The summed E-state index contributed by atoms with van der Waals surface area (Å²) < 4.78 is 80.5. The molecule has 0 spiro atoms. The van der Waals surface area contributed by atoms with Crippen LogP contribution in [-0.2, 0) is 28.4 Å². The van der Waals surface area contributed by atoms with Crippen LogP contribution in [0.2, 0.25) is 0 Å². The summed E-state index contributed by atoms with van der Waals surface area (Å²) in [7, 11) is 0. The molecule has 1 heterocycles. The number of carbonyl (C=O) groups is 2. The molecule has 0 aliphatic heterocycles. The molecule has 0 fully saturated rings. The molecule has 3 rings (SSSR count). The summed E-state index contributed by atoms with van der Waals surface area (Å²) >= 11 is 1.25. The van der Waals surface area contributed by atoms with Gasteiger partial charge in [0.1, 0.15) is 6.04 Å². The van der Waals surface area contributed by atoms with Gasteiger partial charge in [0.25, 0.3) is 0 Å². The molecule has 2 N–H and O–H groups in total. The summed E-state index contributed by atoms with van der Waals surface area (Å²) in [5.74, 6) is -3.30. The number of fused-ring (bicyclic) bond motifs is 1. The Labute approximate surface area is 187 Å². The van der Waals surface area contributed by atoms with Gasteiger partial charge in [-0.2, -0.15) is 26.3 Å². The van der Waals surface area contributed by atoms with E-state index in [0.717, 1.165) is 11.6 Å². The number of nitrogens with one attached hydrogen (secondary N) is 1. The number of hydrogen-bond acceptors (Lipinski definition) is 3. The summed E-state index contributed by atoms with van der Waals surface area (Å²) in [6.07, 6.45) is -10.6. The lowest BCUT2D eigenvalue weighted by molar-refractivity contribution is -0.144. The quantitative estimate of drug-likeness (QED) is 0.427. The van der Waals surface area contributed by atoms with E-state index in [4.69, 9.17) is 0 Å². The van der Waals surface area contributed by atoms with Gasteiger partial charge < -0.3 is 10.4 Å². The first-order chi connectivity index (χ1) is 15.3. The van der Waals surface area contributed by atoms with Crippen LogP contribution in [0.3, 0.4) is 0 Å². The number of amides is 1. The molecule has 0 saturated heterocycles. The average Bonchev–Trinajstić information content (AvgIpc) is 3.12. The fourth-order valence-electron chi connectivity index (χ4n) is 3.64. The molecule has 2 atom stereocenters. The van der Waals surface area contributed by atoms with Crippen LogP contribution in [0.15, 0.2) is 47.8 Å². The lowest BCUT2D eigenvalue weighted by Crippen LogP contribution is -2.44. The smallest absolute Gasteiger partial charge is 0.416 e. The monoisotopic (exact) mass is 489 g/mol. The van der Waals surface area contributed by atoms with Crippen molar-refractivity contribution in [3.8, 4) is 0 Å². The fourth-order valence-corrected chi connectivity index (χ4v) is 4.66. The largest absolute Gasteiger partial charge is 0.480 e. The van der Waals surface area contributed by atoms with Crippen LogP contribution in [0, 0.1) is 0 Å². The van der Waals surface area contributed by atoms with Gasteiger partial charge in [0, 0.05) is 17.5 Å². The Kier molecular flexibility index (Phi) is 6.73. The van der Waals surface area contributed by atoms with Gasteiger partial charge in [-0.3, -0.25) is 4.79 Å². The third-order valence-corrected chi connectivity index (χ3v) is 6.02. The number of halogens is 6. The molecule has 0 aliphatic rings. The lowest BCUT2D eigenvalue weighted by atomic mass is 9.84. The topological polar surface area (TPSA) is 66.4 Å². The summed E-state index contributed by atoms with van der Waals surface area (Å²) in [6.45, 7) is 1.07. The van der Waals surface area contributed by atoms with Gasteiger partial charge in [-0.1, -0.05) is 18.2 Å². The number of benzene rings is 2. The number of hydrogen-bond donors (Lipinski definition) is 2. The van der Waals surface area contributed by atoms with Gasteiger partial charge in [0.15, 0.2) is 0 Å². The van der Waals surface area contributed by atoms with Gasteiger partial charge in [-0.25, -0.2) is 4.79 Å². The third kappa shape index (κ3) is 5.65. The zero-order chi connectivity index (χ0) is 24.6. The highest BCUT2D eigenvalue weighted by Crippen LogP contribution is 2.39. The number of carboxylic acids is 1. The van der Waals surface area contributed by atoms with Crippen molar-refractivity contribution >= 4 is 33.3 Å². The molecule has 33 heavy (non-hydrogen) atoms. The summed E-state index contributed by atoms with van der Waals surface area (Å²) in [4.78, 5) is 23.6. The maximum absolute atomic E-state index is 13.3. The molecule has 0 saturated carbocycles. The Morgan fingerprint density at radius 2 is 1.58 bits per heavy atom. The van der Waals surface area contributed by atoms with E-state index in [2.05, 4.69) is 5.32 Å². The summed E-state index contributed by atoms with van der Waals surface area (Å²) in [6, 6.07) is 6.42. The SMILES string of the molecule is CC(=O)NC(C(=O)O)C(Cc1cc(C(F)(F)F)cc(C(F)(F)F)c1)c1csc2ccccc12. The number of carbonyl (C=O) groups excluding carboxylic acids is 1. The minimum absolute atomic E-state index is 0.0149. The maximum Gasteiger partial charge on any atom is 0.416 e. The Morgan fingerprint density at radius 1 is 1.00 bits per heavy atom. The van der Waals surface area contributed by atoms with Crippen molar-refractivity contribution in [2.75, 3.05) is 0 Å². The van der Waals surface area contributed by atoms with E-state index >= 15 is 0 Å². The van der Waals surface area contributed by atoms with E-state index in [9.17, 15) is 41.0 Å². The first kappa shape index (κ1) is 24.6. The fraction of sp³-hybridized carbons (Fsp3) is 0.273.